The quantitative estimate of drug-likeness (QED) is 0.524. The molecule has 0 N–H and O–H groups in total. The van der Waals surface area contributed by atoms with Crippen LogP contribution in [0.3, 0.4) is 0 Å². The molecule has 0 amide bonds. The predicted molar refractivity (Wildman–Crippen MR) is 48.8 cm³/mol. The molecule has 0 saturated heterocycles. The number of rotatable bonds is 3. The van der Waals surface area contributed by atoms with Gasteiger partial charge >= 0.3 is 94.5 Å². The molecule has 1 aliphatic carbocycles. The Labute approximate surface area is 131 Å². The number of hydrogen-bond donors (Lipinski definition) is 0. The third kappa shape index (κ3) is 4.51. The second-order valence-corrected chi connectivity index (χ2v) is 3.94. The maximum atomic E-state index is 5.17. The first-order valence-corrected chi connectivity index (χ1v) is 5.48. The van der Waals surface area contributed by atoms with Crippen LogP contribution in [0, 0.1) is 0 Å². The van der Waals surface area contributed by atoms with Gasteiger partial charge < -0.3 is 37.2 Å². The van der Waals surface area contributed by atoms with Crippen molar-refractivity contribution >= 4 is 6.08 Å². The van der Waals surface area contributed by atoms with Crippen LogP contribution in [0.1, 0.15) is 23.5 Å². The zero-order chi connectivity index (χ0) is 9.10. The van der Waals surface area contributed by atoms with E-state index in [4.69, 9.17) is 2.81 Å². The van der Waals surface area contributed by atoms with Crippen LogP contribution in [0.15, 0.2) is 30.3 Å². The SMILES string of the molecule is [Cl-].[Cl-].[Cl-].[Zr+3][O]CC[C@H]1C=Cc2ccccc21. The Morgan fingerprint density at radius 3 is 2.50 bits per heavy atom. The predicted octanol–water partition coefficient (Wildman–Crippen LogP) is -6.32. The normalized spacial score (nSPS) is 15.5. The van der Waals surface area contributed by atoms with Crippen LogP contribution in [0.5, 0.6) is 0 Å². The summed E-state index contributed by atoms with van der Waals surface area (Å²) in [5.41, 5.74) is 2.83. The first-order chi connectivity index (χ1) is 6.42. The standard InChI is InChI=1S/C11H11O.3ClH.Zr/c12-8-7-10-6-5-9-3-1-2-4-11(9)10;;;;/h1-6,10H,7-8H2;3*1H;/q-1;;;;+4/p-3/t10-;;;;/m1..../s1. The van der Waals surface area contributed by atoms with Crippen LogP contribution < -0.4 is 37.2 Å². The van der Waals surface area contributed by atoms with Crippen molar-refractivity contribution in [3.05, 3.63) is 41.5 Å². The summed E-state index contributed by atoms with van der Waals surface area (Å²) in [4.78, 5) is 0. The van der Waals surface area contributed by atoms with Gasteiger partial charge in [0.25, 0.3) is 0 Å². The number of allylic oxidation sites excluding steroid dienone is 1. The van der Waals surface area contributed by atoms with Crippen LogP contribution in [0.2, 0.25) is 0 Å². The van der Waals surface area contributed by atoms with Crippen molar-refractivity contribution in [1.29, 1.82) is 0 Å². The Morgan fingerprint density at radius 1 is 1.12 bits per heavy atom. The monoisotopic (exact) mass is 354 g/mol. The van der Waals surface area contributed by atoms with Crippen molar-refractivity contribution < 1.29 is 65.2 Å². The molecule has 16 heavy (non-hydrogen) atoms. The number of hydrogen-bond acceptors (Lipinski definition) is 1. The van der Waals surface area contributed by atoms with Crippen LogP contribution >= 0.6 is 0 Å². The molecule has 0 heterocycles. The molecule has 0 unspecified atom stereocenters. The molecule has 0 spiro atoms. The van der Waals surface area contributed by atoms with Gasteiger partial charge in [0.15, 0.2) is 0 Å². The Balaban J connectivity index is 0. The fraction of sp³-hybridized carbons (Fsp3) is 0.273. The van der Waals surface area contributed by atoms with Gasteiger partial charge in [0.05, 0.1) is 0 Å². The third-order valence-corrected chi connectivity index (χ3v) is 2.94. The first kappa shape index (κ1) is 19.0. The summed E-state index contributed by atoms with van der Waals surface area (Å²) in [6, 6.07) is 8.58. The maximum absolute atomic E-state index is 5.17. The van der Waals surface area contributed by atoms with Gasteiger partial charge in [-0.3, -0.25) is 0 Å². The Hall–Kier alpha value is 0.673. The molecular weight excluding hydrogens is 346 g/mol. The molecule has 86 valence electrons. The Kier molecular flexibility index (Phi) is 11.5. The van der Waals surface area contributed by atoms with E-state index < -0.39 is 0 Å². The zero-order valence-electron chi connectivity index (χ0n) is 8.50. The third-order valence-electron chi connectivity index (χ3n) is 2.43. The van der Waals surface area contributed by atoms with E-state index in [9.17, 15) is 0 Å². The minimum absolute atomic E-state index is 0. The molecule has 1 nitrogen and oxygen atoms in total. The van der Waals surface area contributed by atoms with Gasteiger partial charge in [-0.25, -0.2) is 0 Å². The van der Waals surface area contributed by atoms with Gasteiger partial charge in [-0.05, 0) is 0 Å². The Bertz CT molecular complexity index is 331. The fourth-order valence-corrected chi connectivity index (χ4v) is 2.05. The Morgan fingerprint density at radius 2 is 1.81 bits per heavy atom. The van der Waals surface area contributed by atoms with Crippen molar-refractivity contribution in [2.45, 2.75) is 12.3 Å². The van der Waals surface area contributed by atoms with E-state index in [0.717, 1.165) is 13.0 Å². The molecule has 0 aromatic heterocycles. The summed E-state index contributed by atoms with van der Waals surface area (Å²) in [6.45, 7) is 0.877. The molecule has 1 aromatic rings. The van der Waals surface area contributed by atoms with E-state index in [0.29, 0.717) is 5.92 Å². The van der Waals surface area contributed by atoms with Crippen molar-refractivity contribution in [3.8, 4) is 0 Å². The summed E-state index contributed by atoms with van der Waals surface area (Å²) in [5.74, 6) is 0.580. The average Bonchev–Trinajstić information content (AvgIpc) is 2.58. The number of halogens is 3. The van der Waals surface area contributed by atoms with Gasteiger partial charge in [0, 0.05) is 0 Å². The molecule has 2 rings (SSSR count). The van der Waals surface area contributed by atoms with Gasteiger partial charge in [-0.15, -0.1) is 0 Å². The number of benzene rings is 1. The summed E-state index contributed by atoms with van der Waals surface area (Å²) in [6.07, 6.45) is 5.60. The molecule has 0 radical (unpaired) electrons. The second-order valence-electron chi connectivity index (χ2n) is 3.23. The molecule has 1 aromatic carbocycles. The topological polar surface area (TPSA) is 9.23 Å². The van der Waals surface area contributed by atoms with E-state index in [1.165, 1.54) is 36.3 Å². The number of fused-ring (bicyclic) bond motifs is 1. The van der Waals surface area contributed by atoms with Crippen molar-refractivity contribution in [2.75, 3.05) is 6.61 Å². The molecule has 0 aliphatic heterocycles. The first-order valence-electron chi connectivity index (χ1n) is 4.47. The van der Waals surface area contributed by atoms with Crippen molar-refractivity contribution in [3.63, 3.8) is 0 Å². The summed E-state index contributed by atoms with van der Waals surface area (Å²) >= 11 is 1.17. The molecule has 0 saturated carbocycles. The van der Waals surface area contributed by atoms with Crippen molar-refractivity contribution in [2.24, 2.45) is 0 Å². The molecule has 1 atom stereocenters. The van der Waals surface area contributed by atoms with E-state index in [1.807, 2.05) is 0 Å². The van der Waals surface area contributed by atoms with Crippen LogP contribution in [0.25, 0.3) is 6.08 Å². The van der Waals surface area contributed by atoms with Gasteiger partial charge in [-0.2, -0.15) is 0 Å². The second kappa shape index (κ2) is 9.68. The fourth-order valence-electron chi connectivity index (χ4n) is 1.76. The molecule has 1 aliphatic rings. The van der Waals surface area contributed by atoms with E-state index in [2.05, 4.69) is 36.4 Å². The van der Waals surface area contributed by atoms with Gasteiger partial charge in [0.1, 0.15) is 0 Å². The molecule has 0 bridgehead atoms. The van der Waals surface area contributed by atoms with E-state index >= 15 is 0 Å². The molecular formula is C11H11Cl3OZr. The minimum atomic E-state index is 0. The summed E-state index contributed by atoms with van der Waals surface area (Å²) < 4.78 is 5.17. The van der Waals surface area contributed by atoms with Crippen LogP contribution in [0.4, 0.5) is 0 Å². The average molecular weight is 357 g/mol. The molecule has 0 fully saturated rings. The summed E-state index contributed by atoms with van der Waals surface area (Å²) in [7, 11) is 0. The van der Waals surface area contributed by atoms with E-state index in [-0.39, 0.29) is 37.2 Å². The van der Waals surface area contributed by atoms with Crippen LogP contribution in [-0.4, -0.2) is 6.61 Å². The van der Waals surface area contributed by atoms with E-state index in [1.54, 1.807) is 0 Å². The van der Waals surface area contributed by atoms with Gasteiger partial charge in [0.2, 0.25) is 0 Å². The van der Waals surface area contributed by atoms with Crippen LogP contribution in [-0.2, 0) is 28.0 Å². The van der Waals surface area contributed by atoms with Gasteiger partial charge in [-0.1, -0.05) is 0 Å². The van der Waals surface area contributed by atoms with Crippen molar-refractivity contribution in [1.82, 2.24) is 0 Å². The summed E-state index contributed by atoms with van der Waals surface area (Å²) in [5, 5.41) is 0. The molecule has 5 heteroatoms. The zero-order valence-corrected chi connectivity index (χ0v) is 13.2.